The van der Waals surface area contributed by atoms with Crippen molar-refractivity contribution >= 4 is 23.3 Å². The molecule has 3 rings (SSSR count). The van der Waals surface area contributed by atoms with Crippen molar-refractivity contribution < 1.29 is 14.0 Å². The Balaban J connectivity index is 1.79. The molecule has 0 aliphatic carbocycles. The third-order valence-electron chi connectivity index (χ3n) is 4.24. The van der Waals surface area contributed by atoms with Gasteiger partial charge in [-0.15, -0.1) is 11.3 Å². The van der Waals surface area contributed by atoms with Crippen LogP contribution in [0.15, 0.2) is 72.1 Å². The Morgan fingerprint density at radius 1 is 0.929 bits per heavy atom. The van der Waals surface area contributed by atoms with E-state index in [2.05, 4.69) is 10.6 Å². The summed E-state index contributed by atoms with van der Waals surface area (Å²) < 4.78 is 13.3. The number of hydrogen-bond donors (Lipinski definition) is 3. The summed E-state index contributed by atoms with van der Waals surface area (Å²) in [6, 6.07) is 17.3. The Kier molecular flexibility index (Phi) is 6.39. The molecule has 0 fully saturated rings. The summed E-state index contributed by atoms with van der Waals surface area (Å²) >= 11 is 1.50. The van der Waals surface area contributed by atoms with Crippen molar-refractivity contribution in [2.75, 3.05) is 0 Å². The second kappa shape index (κ2) is 9.14. The second-order valence-corrected chi connectivity index (χ2v) is 7.22. The number of carbonyl (C=O) groups excluding carboxylic acids is 2. The van der Waals surface area contributed by atoms with E-state index >= 15 is 0 Å². The zero-order valence-corrected chi connectivity index (χ0v) is 15.8. The molecule has 0 aliphatic heterocycles. The highest BCUT2D eigenvalue weighted by atomic mass is 32.1. The number of nitrogens with two attached hydrogens (primary N) is 1. The van der Waals surface area contributed by atoms with Gasteiger partial charge in [-0.1, -0.05) is 48.5 Å². The molecule has 1 aromatic heterocycles. The molecule has 0 radical (unpaired) electrons. The third-order valence-corrected chi connectivity index (χ3v) is 5.18. The lowest BCUT2D eigenvalue weighted by Crippen LogP contribution is -2.37. The molecule has 2 atom stereocenters. The Labute approximate surface area is 166 Å². The molecule has 28 heavy (non-hydrogen) atoms. The van der Waals surface area contributed by atoms with Crippen LogP contribution in [-0.2, 0) is 4.79 Å². The molecule has 0 saturated carbocycles. The number of hydrogen-bond acceptors (Lipinski definition) is 3. The number of nitrogens with one attached hydrogen (secondary N) is 2. The minimum absolute atomic E-state index is 0.0238. The fourth-order valence-electron chi connectivity index (χ4n) is 2.94. The first-order chi connectivity index (χ1) is 13.5. The van der Waals surface area contributed by atoms with Crippen molar-refractivity contribution in [3.63, 3.8) is 0 Å². The molecule has 2 aromatic carbocycles. The highest BCUT2D eigenvalue weighted by Gasteiger charge is 2.22. The fraction of sp³-hybridized carbons (Fsp3) is 0.143. The quantitative estimate of drug-likeness (QED) is 0.565. The van der Waals surface area contributed by atoms with Crippen LogP contribution in [-0.4, -0.2) is 11.9 Å². The Hall–Kier alpha value is -3.19. The molecular weight excluding hydrogens is 377 g/mol. The van der Waals surface area contributed by atoms with Crippen molar-refractivity contribution in [3.05, 3.63) is 93.9 Å². The monoisotopic (exact) mass is 397 g/mol. The lowest BCUT2D eigenvalue weighted by atomic mass is 10.0. The molecule has 144 valence electrons. The molecule has 0 spiro atoms. The molecular formula is C21H20FN3O2S. The van der Waals surface area contributed by atoms with Gasteiger partial charge in [0.15, 0.2) is 0 Å². The molecule has 3 aromatic rings. The largest absolute Gasteiger partial charge is 0.352 e. The van der Waals surface area contributed by atoms with E-state index in [1.165, 1.54) is 23.5 Å². The predicted octanol–water partition coefficient (Wildman–Crippen LogP) is 3.89. The van der Waals surface area contributed by atoms with Crippen LogP contribution in [0.5, 0.6) is 0 Å². The van der Waals surface area contributed by atoms with Gasteiger partial charge in [0.1, 0.15) is 5.82 Å². The summed E-state index contributed by atoms with van der Waals surface area (Å²) in [5, 5.41) is 7.52. The summed E-state index contributed by atoms with van der Waals surface area (Å²) in [5.41, 5.74) is 6.83. The maximum Gasteiger partial charge on any atom is 0.312 e. The van der Waals surface area contributed by atoms with Crippen LogP contribution in [0.2, 0.25) is 0 Å². The zero-order valence-electron chi connectivity index (χ0n) is 15.0. The van der Waals surface area contributed by atoms with Gasteiger partial charge >= 0.3 is 6.03 Å². The van der Waals surface area contributed by atoms with Crippen LogP contribution < -0.4 is 16.4 Å². The highest BCUT2D eigenvalue weighted by molar-refractivity contribution is 7.10. The average molecular weight is 397 g/mol. The van der Waals surface area contributed by atoms with Gasteiger partial charge in [0.2, 0.25) is 5.91 Å². The average Bonchev–Trinajstić information content (AvgIpc) is 3.21. The minimum atomic E-state index is -0.699. The van der Waals surface area contributed by atoms with Crippen LogP contribution in [0.4, 0.5) is 9.18 Å². The molecule has 1 heterocycles. The molecule has 0 saturated heterocycles. The first kappa shape index (κ1) is 19.6. The molecule has 4 N–H and O–H groups in total. The standard InChI is InChI=1S/C21H20FN3O2S/c22-16-10-8-15(9-11-16)20(18-7-4-12-28-18)25-19(26)13-17(24-21(23)27)14-5-2-1-3-6-14/h1-12,17,20H,13H2,(H,25,26)(H3,23,24,27). The smallest absolute Gasteiger partial charge is 0.312 e. The van der Waals surface area contributed by atoms with Crippen molar-refractivity contribution in [2.45, 2.75) is 18.5 Å². The summed E-state index contributed by atoms with van der Waals surface area (Å²) in [6.07, 6.45) is 0.0238. The number of benzene rings is 2. The van der Waals surface area contributed by atoms with Crippen LogP contribution in [0.1, 0.15) is 34.5 Å². The Morgan fingerprint density at radius 3 is 2.25 bits per heavy atom. The number of halogens is 1. The summed E-state index contributed by atoms with van der Waals surface area (Å²) in [5.74, 6) is -0.597. The number of amides is 3. The third kappa shape index (κ3) is 5.17. The molecule has 3 amide bonds. The maximum atomic E-state index is 13.3. The van der Waals surface area contributed by atoms with Gasteiger partial charge in [0.05, 0.1) is 18.5 Å². The summed E-state index contributed by atoms with van der Waals surface area (Å²) in [7, 11) is 0. The Bertz CT molecular complexity index is 915. The number of thiophene rings is 1. The molecule has 0 aliphatic rings. The van der Waals surface area contributed by atoms with Gasteiger partial charge in [-0.3, -0.25) is 4.79 Å². The summed E-state index contributed by atoms with van der Waals surface area (Å²) in [4.78, 5) is 25.1. The number of carbonyl (C=O) groups is 2. The van der Waals surface area contributed by atoms with Gasteiger partial charge in [-0.05, 0) is 34.7 Å². The van der Waals surface area contributed by atoms with E-state index in [0.717, 1.165) is 16.0 Å². The number of primary amides is 1. The van der Waals surface area contributed by atoms with Crippen molar-refractivity contribution in [1.29, 1.82) is 0 Å². The highest BCUT2D eigenvalue weighted by Crippen LogP contribution is 2.27. The van der Waals surface area contributed by atoms with Crippen molar-refractivity contribution in [2.24, 2.45) is 5.73 Å². The van der Waals surface area contributed by atoms with Crippen LogP contribution in [0, 0.1) is 5.82 Å². The molecule has 0 bridgehead atoms. The van der Waals surface area contributed by atoms with E-state index < -0.39 is 18.1 Å². The number of urea groups is 1. The molecule has 2 unspecified atom stereocenters. The summed E-state index contributed by atoms with van der Waals surface area (Å²) in [6.45, 7) is 0. The van der Waals surface area contributed by atoms with Gasteiger partial charge in [-0.25, -0.2) is 9.18 Å². The van der Waals surface area contributed by atoms with E-state index in [4.69, 9.17) is 5.73 Å². The van der Waals surface area contributed by atoms with Gasteiger partial charge in [0, 0.05) is 4.88 Å². The topological polar surface area (TPSA) is 84.2 Å². The fourth-order valence-corrected chi connectivity index (χ4v) is 3.75. The zero-order chi connectivity index (χ0) is 19.9. The maximum absolute atomic E-state index is 13.3. The predicted molar refractivity (Wildman–Crippen MR) is 107 cm³/mol. The van der Waals surface area contributed by atoms with E-state index in [1.807, 2.05) is 47.8 Å². The number of rotatable bonds is 7. The molecule has 5 nitrogen and oxygen atoms in total. The lowest BCUT2D eigenvalue weighted by molar-refractivity contribution is -0.122. The van der Waals surface area contributed by atoms with Crippen LogP contribution in [0.3, 0.4) is 0 Å². The first-order valence-electron chi connectivity index (χ1n) is 8.72. The normalized spacial score (nSPS) is 12.8. The van der Waals surface area contributed by atoms with Crippen molar-refractivity contribution in [3.8, 4) is 0 Å². The van der Waals surface area contributed by atoms with Crippen LogP contribution >= 0.6 is 11.3 Å². The van der Waals surface area contributed by atoms with Crippen molar-refractivity contribution in [1.82, 2.24) is 10.6 Å². The lowest BCUT2D eigenvalue weighted by Gasteiger charge is -2.22. The van der Waals surface area contributed by atoms with E-state index in [1.54, 1.807) is 12.1 Å². The Morgan fingerprint density at radius 2 is 1.64 bits per heavy atom. The van der Waals surface area contributed by atoms with E-state index in [0.29, 0.717) is 0 Å². The second-order valence-electron chi connectivity index (χ2n) is 6.24. The van der Waals surface area contributed by atoms with E-state index in [-0.39, 0.29) is 18.1 Å². The SMILES string of the molecule is NC(=O)NC(CC(=O)NC(c1ccc(F)cc1)c1cccs1)c1ccccc1. The van der Waals surface area contributed by atoms with Gasteiger partial charge in [-0.2, -0.15) is 0 Å². The first-order valence-corrected chi connectivity index (χ1v) is 9.60. The molecule has 7 heteroatoms. The van der Waals surface area contributed by atoms with Crippen LogP contribution in [0.25, 0.3) is 0 Å². The van der Waals surface area contributed by atoms with Gasteiger partial charge < -0.3 is 16.4 Å². The minimum Gasteiger partial charge on any atom is -0.352 e. The van der Waals surface area contributed by atoms with Gasteiger partial charge in [0.25, 0.3) is 0 Å². The van der Waals surface area contributed by atoms with E-state index in [9.17, 15) is 14.0 Å².